The Balaban J connectivity index is 2.15. The molecule has 2 rings (SSSR count). The number of rotatable bonds is 4. The van der Waals surface area contributed by atoms with Crippen LogP contribution in [-0.4, -0.2) is 42.3 Å². The van der Waals surface area contributed by atoms with Crippen molar-refractivity contribution in [3.63, 3.8) is 0 Å². The van der Waals surface area contributed by atoms with Gasteiger partial charge in [-0.15, -0.1) is 0 Å². The van der Waals surface area contributed by atoms with Crippen molar-refractivity contribution in [1.82, 2.24) is 0 Å². The molecule has 1 unspecified atom stereocenters. The maximum Gasteiger partial charge on any atom is 0.334 e. The highest BCUT2D eigenvalue weighted by atomic mass is 16.6. The van der Waals surface area contributed by atoms with E-state index in [1.54, 1.807) is 4.90 Å². The number of benzene rings is 1. The van der Waals surface area contributed by atoms with Crippen LogP contribution in [-0.2, 0) is 9.53 Å². The third kappa shape index (κ3) is 3.57. The first-order chi connectivity index (χ1) is 11.0. The van der Waals surface area contributed by atoms with Crippen LogP contribution in [0, 0.1) is 27.4 Å². The van der Waals surface area contributed by atoms with E-state index < -0.39 is 17.0 Å². The summed E-state index contributed by atoms with van der Waals surface area (Å²) in [4.78, 5) is 23.9. The van der Waals surface area contributed by atoms with Crippen LogP contribution in [0.4, 0.5) is 11.4 Å². The molecule has 0 bridgehead atoms. The highest BCUT2D eigenvalue weighted by molar-refractivity contribution is 5.74. The van der Waals surface area contributed by atoms with E-state index in [1.165, 1.54) is 25.3 Å². The van der Waals surface area contributed by atoms with Crippen molar-refractivity contribution in [2.75, 3.05) is 25.1 Å². The number of carbonyl (C=O) groups excluding carboxylic acids is 1. The zero-order valence-electron chi connectivity index (χ0n) is 12.6. The van der Waals surface area contributed by atoms with Crippen molar-refractivity contribution < 1.29 is 19.6 Å². The minimum Gasteiger partial charge on any atom is -0.467 e. The van der Waals surface area contributed by atoms with Gasteiger partial charge in [-0.1, -0.05) is 0 Å². The molecule has 1 atom stereocenters. The van der Waals surface area contributed by atoms with E-state index >= 15 is 0 Å². The molecule has 8 nitrogen and oxygen atoms in total. The van der Waals surface area contributed by atoms with Gasteiger partial charge in [-0.3, -0.25) is 10.1 Å². The van der Waals surface area contributed by atoms with E-state index in [2.05, 4.69) is 4.74 Å². The molecule has 122 valence electrons. The number of nitrogens with zero attached hydrogens (tertiary/aromatic N) is 3. The fraction of sp³-hybridized carbons (Fsp3) is 0.467. The lowest BCUT2D eigenvalue weighted by atomic mass is 9.91. The average Bonchev–Trinajstić information content (AvgIpc) is 2.59. The van der Waals surface area contributed by atoms with Crippen molar-refractivity contribution in [1.29, 1.82) is 5.26 Å². The summed E-state index contributed by atoms with van der Waals surface area (Å²) >= 11 is 0. The van der Waals surface area contributed by atoms with Gasteiger partial charge in [-0.05, 0) is 30.9 Å². The number of aliphatic hydroxyl groups excluding tert-OH is 1. The summed E-state index contributed by atoms with van der Waals surface area (Å²) in [5, 5.41) is 30.0. The van der Waals surface area contributed by atoms with Gasteiger partial charge in [0, 0.05) is 19.2 Å². The first-order valence-corrected chi connectivity index (χ1v) is 7.17. The summed E-state index contributed by atoms with van der Waals surface area (Å²) in [5.41, 5.74) is 0.679. The number of aliphatic hydroxyl groups is 1. The van der Waals surface area contributed by atoms with Crippen LogP contribution in [0.5, 0.6) is 0 Å². The molecule has 1 heterocycles. The number of hydrogen-bond donors (Lipinski definition) is 1. The van der Waals surface area contributed by atoms with Crippen LogP contribution >= 0.6 is 0 Å². The number of nitro benzene ring substituents is 1. The lowest BCUT2D eigenvalue weighted by molar-refractivity contribution is -0.384. The summed E-state index contributed by atoms with van der Waals surface area (Å²) in [6.45, 7) is 0.906. The van der Waals surface area contributed by atoms with Crippen molar-refractivity contribution in [2.45, 2.75) is 18.9 Å². The fourth-order valence-corrected chi connectivity index (χ4v) is 2.77. The van der Waals surface area contributed by atoms with Crippen molar-refractivity contribution in [3.8, 4) is 6.07 Å². The van der Waals surface area contributed by atoms with Crippen molar-refractivity contribution in [2.24, 2.45) is 5.92 Å². The van der Waals surface area contributed by atoms with Crippen molar-refractivity contribution in [3.05, 3.63) is 33.9 Å². The van der Waals surface area contributed by atoms with Gasteiger partial charge in [-0.2, -0.15) is 5.26 Å². The summed E-state index contributed by atoms with van der Waals surface area (Å²) in [5.74, 6) is -0.905. The van der Waals surface area contributed by atoms with Crippen LogP contribution in [0.1, 0.15) is 18.4 Å². The van der Waals surface area contributed by atoms with Gasteiger partial charge in [-0.25, -0.2) is 4.79 Å². The molecule has 1 aliphatic rings. The molecule has 23 heavy (non-hydrogen) atoms. The first-order valence-electron chi connectivity index (χ1n) is 7.17. The Morgan fingerprint density at radius 1 is 1.52 bits per heavy atom. The second-order valence-corrected chi connectivity index (χ2v) is 5.36. The molecule has 0 aliphatic carbocycles. The number of ether oxygens (including phenoxy) is 1. The Morgan fingerprint density at radius 2 is 2.17 bits per heavy atom. The summed E-state index contributed by atoms with van der Waals surface area (Å²) in [6.07, 6.45) is -0.170. The third-order valence-corrected chi connectivity index (χ3v) is 4.07. The van der Waals surface area contributed by atoms with Crippen LogP contribution in [0.3, 0.4) is 0 Å². The van der Waals surface area contributed by atoms with E-state index in [-0.39, 0.29) is 11.6 Å². The largest absolute Gasteiger partial charge is 0.467 e. The molecule has 1 saturated heterocycles. The van der Waals surface area contributed by atoms with Gasteiger partial charge >= 0.3 is 5.97 Å². The topological polar surface area (TPSA) is 117 Å². The second-order valence-electron chi connectivity index (χ2n) is 5.36. The van der Waals surface area contributed by atoms with Gasteiger partial charge in [0.05, 0.1) is 23.7 Å². The minimum atomic E-state index is -1.18. The van der Waals surface area contributed by atoms with E-state index in [0.29, 0.717) is 37.2 Å². The van der Waals surface area contributed by atoms with Gasteiger partial charge in [0.2, 0.25) is 0 Å². The van der Waals surface area contributed by atoms with E-state index in [9.17, 15) is 20.0 Å². The quantitative estimate of drug-likeness (QED) is 0.503. The molecule has 1 fully saturated rings. The average molecular weight is 319 g/mol. The number of esters is 1. The Bertz CT molecular complexity index is 647. The Morgan fingerprint density at radius 3 is 2.70 bits per heavy atom. The number of carbonyl (C=O) groups is 1. The molecule has 8 heteroatoms. The predicted molar refractivity (Wildman–Crippen MR) is 80.8 cm³/mol. The first kappa shape index (κ1) is 16.7. The number of nitriles is 1. The maximum atomic E-state index is 11.4. The van der Waals surface area contributed by atoms with E-state index in [0.717, 1.165) is 0 Å². The highest BCUT2D eigenvalue weighted by Crippen LogP contribution is 2.33. The molecule has 1 aromatic carbocycles. The lowest BCUT2D eigenvalue weighted by Gasteiger charge is -2.34. The molecule has 1 aromatic rings. The van der Waals surface area contributed by atoms with Gasteiger partial charge in [0.25, 0.3) is 5.69 Å². The fourth-order valence-electron chi connectivity index (χ4n) is 2.77. The summed E-state index contributed by atoms with van der Waals surface area (Å²) < 4.78 is 4.53. The molecule has 0 spiro atoms. The summed E-state index contributed by atoms with van der Waals surface area (Å²) in [6, 6.07) is 6.20. The second kappa shape index (κ2) is 7.07. The highest BCUT2D eigenvalue weighted by Gasteiger charge is 2.32. The number of hydrogen-bond acceptors (Lipinski definition) is 7. The smallest absolute Gasteiger partial charge is 0.334 e. The zero-order valence-corrected chi connectivity index (χ0v) is 12.6. The Labute approximate surface area is 133 Å². The molecule has 1 N–H and O–H groups in total. The molecular formula is C15H17N3O5. The molecule has 0 aromatic heterocycles. The number of anilines is 1. The molecular weight excluding hydrogens is 302 g/mol. The SMILES string of the molecule is COC(=O)C(O)C1CCN(c2cc(C#N)ccc2[N+](=O)[O-])CC1. The van der Waals surface area contributed by atoms with Crippen LogP contribution < -0.4 is 4.90 Å². The van der Waals surface area contributed by atoms with Gasteiger partial charge in [0.1, 0.15) is 5.69 Å². The Kier molecular flexibility index (Phi) is 5.13. The number of methoxy groups -OCH3 is 1. The molecule has 1 aliphatic heterocycles. The van der Waals surface area contributed by atoms with Crippen LogP contribution in [0.15, 0.2) is 18.2 Å². The van der Waals surface area contributed by atoms with Crippen molar-refractivity contribution >= 4 is 17.3 Å². The van der Waals surface area contributed by atoms with Crippen LogP contribution in [0.25, 0.3) is 0 Å². The monoisotopic (exact) mass is 319 g/mol. The third-order valence-electron chi connectivity index (χ3n) is 4.07. The number of nitro groups is 1. The van der Waals surface area contributed by atoms with Gasteiger partial charge < -0.3 is 14.7 Å². The zero-order chi connectivity index (χ0) is 17.0. The summed E-state index contributed by atoms with van der Waals surface area (Å²) in [7, 11) is 1.22. The predicted octanol–water partition coefficient (Wildman–Crippen LogP) is 1.22. The van der Waals surface area contributed by atoms with E-state index in [4.69, 9.17) is 5.26 Å². The van der Waals surface area contributed by atoms with E-state index in [1.807, 2.05) is 6.07 Å². The van der Waals surface area contributed by atoms with Crippen LogP contribution in [0.2, 0.25) is 0 Å². The van der Waals surface area contributed by atoms with Gasteiger partial charge in [0.15, 0.2) is 6.10 Å². The number of piperidine rings is 1. The normalized spacial score (nSPS) is 16.5. The lowest BCUT2D eigenvalue weighted by Crippen LogP contribution is -2.41. The minimum absolute atomic E-state index is 0.0593. The molecule has 0 saturated carbocycles. The molecule has 0 radical (unpaired) electrons. The molecule has 0 amide bonds. The standard InChI is InChI=1S/C15H17N3O5/c1-23-15(20)14(19)11-4-6-17(7-5-11)13-8-10(9-16)2-3-12(13)18(21)22/h2-3,8,11,14,19H,4-7H2,1H3. The maximum absolute atomic E-state index is 11.4. The Hall–Kier alpha value is -2.66.